The Balaban J connectivity index is 1.05. The molecule has 11 aromatic carbocycles. The first-order valence-electron chi connectivity index (χ1n) is 28.4. The maximum atomic E-state index is 3.58. The standard InChI is InChI=1S/C79H56N2S/c1-2-9-32-58(31-8-1)71-54-67(82(64-39-18-7-19-40-64,65-41-24-35-60(51-65)56-27-10-3-11-28-56)66-42-25-36-61(52-66)57-29-12-4-13-30-57)55-72(59-33-14-5-15-34-59)79(71)81-75-47-23-21-44-70(75)78-68(45-26-48-77(78)81)62-49-50-76-73(53-62)69-43-20-22-46-74(69)80(76)63-37-16-6-17-38-63/h1,3-8,10-22,24-31,33-46,48-55H,23,32,47H2. The van der Waals surface area contributed by atoms with Gasteiger partial charge in [0.15, 0.2) is 0 Å². The van der Waals surface area contributed by atoms with Crippen LogP contribution in [0.3, 0.4) is 0 Å². The maximum absolute atomic E-state index is 3.58. The maximum Gasteiger partial charge on any atom is 0.0613 e. The van der Waals surface area contributed by atoms with E-state index >= 15 is 0 Å². The highest BCUT2D eigenvalue weighted by atomic mass is 32.3. The summed E-state index contributed by atoms with van der Waals surface area (Å²) in [6.45, 7) is 0. The molecule has 0 atom stereocenters. The quantitative estimate of drug-likeness (QED) is 0.114. The number of benzene rings is 11. The highest BCUT2D eigenvalue weighted by molar-refractivity contribution is 8.34. The Kier molecular flexibility index (Phi) is 12.4. The van der Waals surface area contributed by atoms with Crippen molar-refractivity contribution in [2.24, 2.45) is 0 Å². The van der Waals surface area contributed by atoms with Gasteiger partial charge < -0.3 is 9.13 Å². The molecule has 2 nitrogen and oxygen atoms in total. The Hall–Kier alpha value is -10.1. The first-order valence-corrected chi connectivity index (χ1v) is 30.0. The van der Waals surface area contributed by atoms with Crippen molar-refractivity contribution in [2.75, 3.05) is 0 Å². The summed E-state index contributed by atoms with van der Waals surface area (Å²) < 4.78 is 5.07. The minimum absolute atomic E-state index is 0.599. The molecule has 0 saturated heterocycles. The van der Waals surface area contributed by atoms with Crippen LogP contribution in [0.4, 0.5) is 0 Å². The molecule has 0 fully saturated rings. The molecule has 0 aliphatic heterocycles. The van der Waals surface area contributed by atoms with Crippen molar-refractivity contribution in [3.05, 3.63) is 314 Å². The second-order valence-electron chi connectivity index (χ2n) is 21.3. The number of para-hydroxylation sites is 2. The molecule has 0 unspecified atom stereocenters. The van der Waals surface area contributed by atoms with E-state index in [0.29, 0.717) is 6.42 Å². The van der Waals surface area contributed by atoms with Crippen LogP contribution in [-0.2, 0) is 6.42 Å². The van der Waals surface area contributed by atoms with Gasteiger partial charge in [-0.3, -0.25) is 0 Å². The van der Waals surface area contributed by atoms with Crippen LogP contribution in [0.15, 0.2) is 317 Å². The molecule has 0 bridgehead atoms. The molecule has 2 heterocycles. The molecule has 388 valence electrons. The molecular formula is C79H56N2S. The second kappa shape index (κ2) is 20.8. The van der Waals surface area contributed by atoms with E-state index in [0.717, 1.165) is 24.1 Å². The molecule has 2 aliphatic carbocycles. The highest BCUT2D eigenvalue weighted by Crippen LogP contribution is 2.74. The van der Waals surface area contributed by atoms with E-state index in [2.05, 4.69) is 318 Å². The van der Waals surface area contributed by atoms with E-state index < -0.39 is 10.0 Å². The molecule has 2 aliphatic rings. The molecule has 15 rings (SSSR count). The molecule has 3 heteroatoms. The minimum Gasteiger partial charge on any atom is -0.312 e. The molecule has 2 aromatic heterocycles. The number of aromatic nitrogens is 2. The van der Waals surface area contributed by atoms with Crippen molar-refractivity contribution in [1.29, 1.82) is 0 Å². The van der Waals surface area contributed by atoms with E-state index in [-0.39, 0.29) is 0 Å². The van der Waals surface area contributed by atoms with Crippen LogP contribution in [0.5, 0.6) is 0 Å². The fourth-order valence-corrected chi connectivity index (χ4v) is 16.9. The van der Waals surface area contributed by atoms with E-state index in [1.165, 1.54) is 119 Å². The molecule has 13 aromatic rings. The lowest BCUT2D eigenvalue weighted by molar-refractivity contribution is 0.887. The van der Waals surface area contributed by atoms with E-state index in [4.69, 9.17) is 0 Å². The average Bonchev–Trinajstić information content (AvgIpc) is 4.15. The van der Waals surface area contributed by atoms with Crippen molar-refractivity contribution in [1.82, 2.24) is 9.13 Å². The molecule has 0 spiro atoms. The largest absolute Gasteiger partial charge is 0.312 e. The molecule has 82 heavy (non-hydrogen) atoms. The normalized spacial score (nSPS) is 13.1. The van der Waals surface area contributed by atoms with Crippen LogP contribution in [0.1, 0.15) is 29.7 Å². The van der Waals surface area contributed by atoms with Gasteiger partial charge in [-0.15, -0.1) is 10.0 Å². The van der Waals surface area contributed by atoms with Gasteiger partial charge in [0.1, 0.15) is 0 Å². The number of hydrogen-bond acceptors (Lipinski definition) is 0. The molecule has 0 saturated carbocycles. The average molecular weight is 1070 g/mol. The van der Waals surface area contributed by atoms with Gasteiger partial charge >= 0.3 is 0 Å². The van der Waals surface area contributed by atoms with Gasteiger partial charge in [-0.1, -0.05) is 224 Å². The summed E-state index contributed by atoms with van der Waals surface area (Å²) in [7, 11) is -2.31. The highest BCUT2D eigenvalue weighted by Gasteiger charge is 2.37. The predicted octanol–water partition coefficient (Wildman–Crippen LogP) is 21.0. The summed E-state index contributed by atoms with van der Waals surface area (Å²) in [5.74, 6) is 6.94. The summed E-state index contributed by atoms with van der Waals surface area (Å²) in [5, 5.41) is 3.75. The monoisotopic (exact) mass is 1060 g/mol. The summed E-state index contributed by atoms with van der Waals surface area (Å²) >= 11 is 0. The van der Waals surface area contributed by atoms with Crippen LogP contribution >= 0.6 is 10.0 Å². The lowest BCUT2D eigenvalue weighted by atomic mass is 9.93. The van der Waals surface area contributed by atoms with Crippen molar-refractivity contribution in [3.63, 3.8) is 0 Å². The Morgan fingerprint density at radius 1 is 0.390 bits per heavy atom. The molecule has 0 radical (unpaired) electrons. The number of nitrogens with zero attached hydrogens (tertiary/aromatic N) is 2. The Morgan fingerprint density at radius 2 is 0.963 bits per heavy atom. The molecule has 0 amide bonds. The Morgan fingerprint density at radius 3 is 1.67 bits per heavy atom. The lowest BCUT2D eigenvalue weighted by Gasteiger charge is -2.43. The lowest BCUT2D eigenvalue weighted by Crippen LogP contribution is -2.11. The third-order valence-corrected chi connectivity index (χ3v) is 20.4. The summed E-state index contributed by atoms with van der Waals surface area (Å²) in [4.78, 5) is 5.04. The zero-order valence-corrected chi connectivity index (χ0v) is 46.1. The van der Waals surface area contributed by atoms with Crippen LogP contribution in [-0.4, -0.2) is 9.13 Å². The van der Waals surface area contributed by atoms with Crippen molar-refractivity contribution in [3.8, 4) is 67.7 Å². The summed E-state index contributed by atoms with van der Waals surface area (Å²) in [6, 6.07) is 102. The van der Waals surface area contributed by atoms with Gasteiger partial charge in [0.2, 0.25) is 0 Å². The van der Waals surface area contributed by atoms with E-state index in [9.17, 15) is 0 Å². The summed E-state index contributed by atoms with van der Waals surface area (Å²) in [6.07, 6.45) is 13.7. The SMILES string of the molecule is C1#CCC(c2cc(S(c3ccccc3)(c3cccc(-c4ccccc4)c3)c3cccc(-c4ccccc4)c3)cc(-c3ccccc3)c2-n2c3c(c4c(-c5ccc6c(c5)c5ccccc5n6-c5ccccc5)cccc42)C=CCC3)=CC=C1. The first kappa shape index (κ1) is 49.0. The predicted molar refractivity (Wildman–Crippen MR) is 346 cm³/mol. The second-order valence-corrected chi connectivity index (χ2v) is 24.4. The van der Waals surface area contributed by atoms with Crippen molar-refractivity contribution in [2.45, 2.75) is 38.8 Å². The van der Waals surface area contributed by atoms with Crippen LogP contribution < -0.4 is 0 Å². The van der Waals surface area contributed by atoms with Gasteiger partial charge in [-0.05, 0) is 148 Å². The third-order valence-electron chi connectivity index (χ3n) is 16.6. The Labute approximate surface area is 481 Å². The molecular weight excluding hydrogens is 1010 g/mol. The number of hydrogen-bond donors (Lipinski definition) is 0. The van der Waals surface area contributed by atoms with Crippen molar-refractivity contribution >= 4 is 54.4 Å². The molecule has 0 N–H and O–H groups in total. The zero-order chi connectivity index (χ0) is 54.4. The number of allylic oxidation sites excluding steroid dienone is 5. The van der Waals surface area contributed by atoms with Gasteiger partial charge in [0, 0.05) is 70.2 Å². The van der Waals surface area contributed by atoms with E-state index in [1.54, 1.807) is 0 Å². The van der Waals surface area contributed by atoms with Gasteiger partial charge in [0.05, 0.1) is 22.2 Å². The van der Waals surface area contributed by atoms with E-state index in [1.807, 2.05) is 6.08 Å². The van der Waals surface area contributed by atoms with Crippen LogP contribution in [0.2, 0.25) is 0 Å². The smallest absolute Gasteiger partial charge is 0.0613 e. The zero-order valence-electron chi connectivity index (χ0n) is 45.3. The first-order chi connectivity index (χ1) is 40.7. The van der Waals surface area contributed by atoms with Crippen LogP contribution in [0, 0.1) is 11.8 Å². The summed E-state index contributed by atoms with van der Waals surface area (Å²) in [5.41, 5.74) is 20.4. The van der Waals surface area contributed by atoms with Gasteiger partial charge in [-0.25, -0.2) is 0 Å². The van der Waals surface area contributed by atoms with Gasteiger partial charge in [0.25, 0.3) is 0 Å². The Bertz CT molecular complexity index is 4660. The minimum atomic E-state index is -2.31. The third kappa shape index (κ3) is 8.30. The number of fused-ring (bicyclic) bond motifs is 6. The fraction of sp³-hybridized carbons (Fsp3) is 0.0380. The van der Waals surface area contributed by atoms with Gasteiger partial charge in [-0.2, -0.15) is 0 Å². The fourth-order valence-electron chi connectivity index (χ4n) is 13.0. The van der Waals surface area contributed by atoms with Crippen LogP contribution in [0.25, 0.3) is 100 Å². The number of rotatable bonds is 11. The topological polar surface area (TPSA) is 9.86 Å². The van der Waals surface area contributed by atoms with Crippen molar-refractivity contribution < 1.29 is 0 Å².